The lowest BCUT2D eigenvalue weighted by molar-refractivity contribution is 0.260. The second-order valence-corrected chi connectivity index (χ2v) is 7.40. The second kappa shape index (κ2) is 5.83. The lowest BCUT2D eigenvalue weighted by Crippen LogP contribution is -2.41. The van der Waals surface area contributed by atoms with E-state index in [4.69, 9.17) is 5.26 Å². The zero-order chi connectivity index (χ0) is 13.1. The second-order valence-electron chi connectivity index (χ2n) is 5.32. The van der Waals surface area contributed by atoms with Crippen molar-refractivity contribution >= 4 is 10.0 Å². The highest BCUT2D eigenvalue weighted by molar-refractivity contribution is 7.89. The Morgan fingerprint density at radius 3 is 2.24 bits per heavy atom. The molecule has 0 bridgehead atoms. The van der Waals surface area contributed by atoms with Crippen LogP contribution >= 0.6 is 0 Å². The third-order valence-corrected chi connectivity index (χ3v) is 5.64. The van der Waals surface area contributed by atoms with E-state index in [1.165, 1.54) is 4.31 Å². The average molecular weight is 258 g/mol. The van der Waals surface area contributed by atoms with Crippen LogP contribution in [0.25, 0.3) is 0 Å². The Morgan fingerprint density at radius 1 is 1.29 bits per heavy atom. The molecule has 0 aromatic carbocycles. The van der Waals surface area contributed by atoms with Gasteiger partial charge >= 0.3 is 0 Å². The topological polar surface area (TPSA) is 61.2 Å². The van der Waals surface area contributed by atoms with Crippen molar-refractivity contribution in [3.8, 4) is 6.07 Å². The Bertz CT molecular complexity index is 376. The molecule has 1 aliphatic rings. The highest BCUT2D eigenvalue weighted by Gasteiger charge is 2.30. The van der Waals surface area contributed by atoms with Crippen LogP contribution in [0.4, 0.5) is 0 Å². The molecule has 0 heterocycles. The third kappa shape index (κ3) is 3.97. The molecule has 1 fully saturated rings. The van der Waals surface area contributed by atoms with Gasteiger partial charge < -0.3 is 0 Å². The summed E-state index contributed by atoms with van der Waals surface area (Å²) < 4.78 is 25.6. The van der Waals surface area contributed by atoms with Gasteiger partial charge in [-0.3, -0.25) is 0 Å². The van der Waals surface area contributed by atoms with Gasteiger partial charge in [-0.1, -0.05) is 13.8 Å². The molecule has 0 aromatic rings. The van der Waals surface area contributed by atoms with Crippen molar-refractivity contribution in [2.75, 3.05) is 12.8 Å². The van der Waals surface area contributed by atoms with E-state index in [2.05, 4.69) is 6.07 Å². The normalized spacial score (nSPS) is 26.1. The van der Waals surface area contributed by atoms with Crippen molar-refractivity contribution in [2.45, 2.75) is 45.6 Å². The monoisotopic (exact) mass is 258 g/mol. The Balaban J connectivity index is 2.60. The first-order valence-electron chi connectivity index (χ1n) is 6.22. The highest BCUT2D eigenvalue weighted by atomic mass is 32.2. The Kier molecular flexibility index (Phi) is 4.96. The number of hydrogen-bond donors (Lipinski definition) is 0. The molecule has 1 saturated carbocycles. The summed E-state index contributed by atoms with van der Waals surface area (Å²) in [7, 11) is -1.46. The van der Waals surface area contributed by atoms with Gasteiger partial charge in [0.1, 0.15) is 0 Å². The Hall–Kier alpha value is -0.600. The number of rotatable bonds is 4. The smallest absolute Gasteiger partial charge is 0.212 e. The van der Waals surface area contributed by atoms with Crippen LogP contribution in [0.3, 0.4) is 0 Å². The summed E-state index contributed by atoms with van der Waals surface area (Å²) in [5.74, 6) is 0.479. The number of nitrogens with zero attached hydrogens (tertiary/aromatic N) is 2. The largest absolute Gasteiger partial charge is 0.214 e. The summed E-state index contributed by atoms with van der Waals surface area (Å²) in [5.41, 5.74) is 0. The molecule has 1 aliphatic carbocycles. The lowest BCUT2D eigenvalue weighted by atomic mass is 9.87. The molecule has 0 spiro atoms. The van der Waals surface area contributed by atoms with E-state index in [9.17, 15) is 8.42 Å². The van der Waals surface area contributed by atoms with Crippen LogP contribution in [0.2, 0.25) is 0 Å². The van der Waals surface area contributed by atoms with E-state index >= 15 is 0 Å². The minimum absolute atomic E-state index is 0.0864. The van der Waals surface area contributed by atoms with Crippen molar-refractivity contribution in [1.29, 1.82) is 5.26 Å². The summed E-state index contributed by atoms with van der Waals surface area (Å²) in [5, 5.41) is 8.81. The summed E-state index contributed by atoms with van der Waals surface area (Å²) in [4.78, 5) is 0. The summed E-state index contributed by atoms with van der Waals surface area (Å²) >= 11 is 0. The molecule has 1 rings (SSSR count). The summed E-state index contributed by atoms with van der Waals surface area (Å²) in [6.45, 7) is 3.83. The molecule has 0 radical (unpaired) electrons. The first-order valence-corrected chi connectivity index (χ1v) is 7.83. The van der Waals surface area contributed by atoms with Crippen LogP contribution in [0.1, 0.15) is 39.5 Å². The van der Waals surface area contributed by atoms with Gasteiger partial charge in [-0.25, -0.2) is 12.7 Å². The van der Waals surface area contributed by atoms with Crippen molar-refractivity contribution < 1.29 is 8.42 Å². The van der Waals surface area contributed by atoms with E-state index < -0.39 is 10.0 Å². The maximum Gasteiger partial charge on any atom is 0.214 e. The first kappa shape index (κ1) is 14.5. The molecule has 4 nitrogen and oxygen atoms in total. The van der Waals surface area contributed by atoms with Gasteiger partial charge in [0.2, 0.25) is 10.0 Å². The molecule has 0 atom stereocenters. The first-order chi connectivity index (χ1) is 7.86. The average Bonchev–Trinajstić information content (AvgIpc) is 2.26. The third-order valence-electron chi connectivity index (χ3n) is 3.38. The predicted molar refractivity (Wildman–Crippen MR) is 67.7 cm³/mol. The number of sulfonamides is 1. The molecule has 0 saturated heterocycles. The van der Waals surface area contributed by atoms with Crippen molar-refractivity contribution in [2.24, 2.45) is 11.8 Å². The van der Waals surface area contributed by atoms with Crippen LogP contribution in [-0.4, -0.2) is 31.6 Å². The molecule has 0 aliphatic heterocycles. The minimum atomic E-state index is -3.13. The molecule has 0 amide bonds. The Labute approximate surface area is 105 Å². The predicted octanol–water partition coefficient (Wildman–Crippen LogP) is 1.99. The highest BCUT2D eigenvalue weighted by Crippen LogP contribution is 2.28. The molecule has 0 aromatic heterocycles. The van der Waals surface area contributed by atoms with Gasteiger partial charge in [0.15, 0.2) is 0 Å². The fourth-order valence-electron chi connectivity index (χ4n) is 2.33. The van der Waals surface area contributed by atoms with Crippen LogP contribution in [0.15, 0.2) is 0 Å². The Morgan fingerprint density at radius 2 is 1.82 bits per heavy atom. The maximum atomic E-state index is 12.1. The number of nitriles is 1. The standard InChI is InChI=1S/C12H22N2O2S/c1-10(2)9-17(15,16)14(3)12-6-4-11(8-13)5-7-12/h10-12H,4-7,9H2,1-3H3. The summed E-state index contributed by atoms with van der Waals surface area (Å²) in [6, 6.07) is 2.35. The zero-order valence-corrected chi connectivity index (χ0v) is 11.7. The molecule has 5 heteroatoms. The fraction of sp³-hybridized carbons (Fsp3) is 0.917. The van der Waals surface area contributed by atoms with Gasteiger partial charge in [-0.2, -0.15) is 5.26 Å². The van der Waals surface area contributed by atoms with E-state index in [1.807, 2.05) is 13.8 Å². The van der Waals surface area contributed by atoms with Gasteiger partial charge in [0, 0.05) is 19.0 Å². The lowest BCUT2D eigenvalue weighted by Gasteiger charge is -2.32. The minimum Gasteiger partial charge on any atom is -0.212 e. The maximum absolute atomic E-state index is 12.1. The number of hydrogen-bond acceptors (Lipinski definition) is 3. The van der Waals surface area contributed by atoms with Crippen LogP contribution < -0.4 is 0 Å². The van der Waals surface area contributed by atoms with Crippen molar-refractivity contribution in [3.63, 3.8) is 0 Å². The van der Waals surface area contributed by atoms with E-state index in [0.717, 1.165) is 25.7 Å². The van der Waals surface area contributed by atoms with Crippen LogP contribution in [0, 0.1) is 23.2 Å². The van der Waals surface area contributed by atoms with Crippen LogP contribution in [0.5, 0.6) is 0 Å². The SMILES string of the molecule is CC(C)CS(=O)(=O)N(C)C1CCC(C#N)CC1. The van der Waals surface area contributed by atoms with E-state index in [0.29, 0.717) is 0 Å². The molecule has 0 N–H and O–H groups in total. The van der Waals surface area contributed by atoms with Crippen molar-refractivity contribution in [3.05, 3.63) is 0 Å². The molecule has 0 unspecified atom stereocenters. The van der Waals surface area contributed by atoms with Crippen LogP contribution in [-0.2, 0) is 10.0 Å². The fourth-order valence-corrected chi connectivity index (χ4v) is 4.08. The molecular weight excluding hydrogens is 236 g/mol. The van der Waals surface area contributed by atoms with Gasteiger partial charge in [0.05, 0.1) is 11.8 Å². The molecule has 98 valence electrons. The van der Waals surface area contributed by atoms with E-state index in [1.54, 1.807) is 7.05 Å². The molecule has 17 heavy (non-hydrogen) atoms. The van der Waals surface area contributed by atoms with Crippen molar-refractivity contribution in [1.82, 2.24) is 4.31 Å². The molecular formula is C12H22N2O2S. The van der Waals surface area contributed by atoms with Gasteiger partial charge in [-0.15, -0.1) is 0 Å². The van der Waals surface area contributed by atoms with Gasteiger partial charge in [0.25, 0.3) is 0 Å². The quantitative estimate of drug-likeness (QED) is 0.774. The summed E-state index contributed by atoms with van der Waals surface area (Å²) in [6.07, 6.45) is 3.27. The van der Waals surface area contributed by atoms with Gasteiger partial charge in [-0.05, 0) is 31.6 Å². The zero-order valence-electron chi connectivity index (χ0n) is 10.9. The van der Waals surface area contributed by atoms with E-state index in [-0.39, 0.29) is 23.6 Å².